The molecule has 53 heavy (non-hydrogen) atoms. The molecule has 0 radical (unpaired) electrons. The molecule has 0 aliphatic heterocycles. The molecule has 248 valence electrons. The minimum absolute atomic E-state index is 0.881. The van der Waals surface area contributed by atoms with Gasteiger partial charge in [-0.15, -0.1) is 0 Å². The van der Waals surface area contributed by atoms with E-state index in [0.717, 1.165) is 50.3 Å². The van der Waals surface area contributed by atoms with E-state index in [1.807, 2.05) is 12.1 Å². The number of nitrogens with zero attached hydrogens (tertiary/aromatic N) is 2. The molecular formula is C50H32N2O. The molecule has 0 aliphatic rings. The smallest absolute Gasteiger partial charge is 0.135 e. The van der Waals surface area contributed by atoms with Crippen LogP contribution in [0.2, 0.25) is 0 Å². The van der Waals surface area contributed by atoms with Crippen LogP contribution >= 0.6 is 0 Å². The maximum absolute atomic E-state index is 6.29. The quantitative estimate of drug-likeness (QED) is 0.181. The van der Waals surface area contributed by atoms with Gasteiger partial charge in [-0.3, -0.25) is 0 Å². The summed E-state index contributed by atoms with van der Waals surface area (Å²) in [5.41, 5.74) is 10.9. The number of hydrogen-bond acceptors (Lipinski definition) is 2. The Morgan fingerprint density at radius 1 is 0.396 bits per heavy atom. The third-order valence-corrected chi connectivity index (χ3v) is 10.7. The van der Waals surface area contributed by atoms with Crippen LogP contribution in [0.3, 0.4) is 0 Å². The van der Waals surface area contributed by atoms with Gasteiger partial charge in [0.2, 0.25) is 0 Å². The number of aromatic nitrogens is 1. The SMILES string of the molecule is c1ccc(-c2ccccc2N(c2ccc3oc4ccccc4c3c2)c2ccc3ccc4c5ccccc5n(-c5ccc6ccccc6c5)c4c3c2)cc1. The Hall–Kier alpha value is -7.10. The van der Waals surface area contributed by atoms with Gasteiger partial charge < -0.3 is 13.9 Å². The molecule has 0 amide bonds. The minimum atomic E-state index is 0.881. The Bertz CT molecular complexity index is 3190. The van der Waals surface area contributed by atoms with Crippen molar-refractivity contribution in [2.24, 2.45) is 0 Å². The summed E-state index contributed by atoms with van der Waals surface area (Å²) >= 11 is 0. The van der Waals surface area contributed by atoms with Gasteiger partial charge in [0.1, 0.15) is 11.2 Å². The fraction of sp³-hybridized carbons (Fsp3) is 0. The van der Waals surface area contributed by atoms with E-state index in [1.54, 1.807) is 0 Å². The van der Waals surface area contributed by atoms with Crippen LogP contribution in [0, 0.1) is 0 Å². The minimum Gasteiger partial charge on any atom is -0.456 e. The summed E-state index contributed by atoms with van der Waals surface area (Å²) in [4.78, 5) is 2.41. The highest BCUT2D eigenvalue weighted by atomic mass is 16.3. The molecule has 0 spiro atoms. The molecule has 0 N–H and O–H groups in total. The van der Waals surface area contributed by atoms with Crippen molar-refractivity contribution in [2.75, 3.05) is 4.90 Å². The number of para-hydroxylation sites is 3. The van der Waals surface area contributed by atoms with Gasteiger partial charge in [0, 0.05) is 49.6 Å². The van der Waals surface area contributed by atoms with Gasteiger partial charge >= 0.3 is 0 Å². The van der Waals surface area contributed by atoms with E-state index in [4.69, 9.17) is 4.42 Å². The van der Waals surface area contributed by atoms with Crippen molar-refractivity contribution < 1.29 is 4.42 Å². The first-order chi connectivity index (χ1) is 26.3. The molecule has 9 aromatic carbocycles. The van der Waals surface area contributed by atoms with Crippen LogP contribution < -0.4 is 4.90 Å². The van der Waals surface area contributed by atoms with Crippen molar-refractivity contribution in [3.8, 4) is 16.8 Å². The molecule has 0 saturated heterocycles. The summed E-state index contributed by atoms with van der Waals surface area (Å²) in [6.07, 6.45) is 0. The lowest BCUT2D eigenvalue weighted by molar-refractivity contribution is 0.669. The van der Waals surface area contributed by atoms with Gasteiger partial charge in [0.15, 0.2) is 0 Å². The van der Waals surface area contributed by atoms with Crippen molar-refractivity contribution >= 4 is 82.4 Å². The van der Waals surface area contributed by atoms with E-state index in [9.17, 15) is 0 Å². The van der Waals surface area contributed by atoms with Crippen molar-refractivity contribution in [1.82, 2.24) is 4.57 Å². The highest BCUT2D eigenvalue weighted by molar-refractivity contribution is 6.19. The average Bonchev–Trinajstić information content (AvgIpc) is 3.77. The summed E-state index contributed by atoms with van der Waals surface area (Å²) < 4.78 is 8.74. The number of hydrogen-bond donors (Lipinski definition) is 0. The van der Waals surface area contributed by atoms with Crippen LogP contribution in [0.1, 0.15) is 0 Å². The van der Waals surface area contributed by atoms with Crippen LogP contribution in [0.4, 0.5) is 17.1 Å². The van der Waals surface area contributed by atoms with Crippen molar-refractivity contribution in [3.63, 3.8) is 0 Å². The highest BCUT2D eigenvalue weighted by Crippen LogP contribution is 2.45. The molecule has 2 heterocycles. The summed E-state index contributed by atoms with van der Waals surface area (Å²) in [6.45, 7) is 0. The normalized spacial score (nSPS) is 11.8. The summed E-state index contributed by atoms with van der Waals surface area (Å²) in [6, 6.07) is 69.9. The Kier molecular flexibility index (Phi) is 6.55. The Balaban J connectivity index is 1.21. The van der Waals surface area contributed by atoms with E-state index in [-0.39, 0.29) is 0 Å². The second-order valence-corrected chi connectivity index (χ2v) is 13.7. The lowest BCUT2D eigenvalue weighted by atomic mass is 10.0. The van der Waals surface area contributed by atoms with Crippen LogP contribution in [0.15, 0.2) is 199 Å². The van der Waals surface area contributed by atoms with E-state index >= 15 is 0 Å². The fourth-order valence-corrected chi connectivity index (χ4v) is 8.30. The second kappa shape index (κ2) is 11.7. The zero-order valence-electron chi connectivity index (χ0n) is 28.8. The molecule has 0 fully saturated rings. The zero-order valence-corrected chi connectivity index (χ0v) is 28.8. The van der Waals surface area contributed by atoms with Crippen LogP contribution in [-0.2, 0) is 0 Å². The summed E-state index contributed by atoms with van der Waals surface area (Å²) in [5, 5.41) is 9.54. The summed E-state index contributed by atoms with van der Waals surface area (Å²) in [7, 11) is 0. The maximum Gasteiger partial charge on any atom is 0.135 e. The van der Waals surface area contributed by atoms with Crippen molar-refractivity contribution in [2.45, 2.75) is 0 Å². The number of rotatable bonds is 5. The number of furan rings is 1. The first kappa shape index (κ1) is 29.6. The molecule has 3 heteroatoms. The van der Waals surface area contributed by atoms with Gasteiger partial charge in [-0.1, -0.05) is 133 Å². The zero-order chi connectivity index (χ0) is 34.9. The molecule has 0 unspecified atom stereocenters. The topological polar surface area (TPSA) is 21.3 Å². The second-order valence-electron chi connectivity index (χ2n) is 13.7. The van der Waals surface area contributed by atoms with E-state index in [0.29, 0.717) is 0 Å². The molecule has 2 aromatic heterocycles. The van der Waals surface area contributed by atoms with E-state index in [1.165, 1.54) is 48.9 Å². The lowest BCUT2D eigenvalue weighted by Crippen LogP contribution is -2.11. The third kappa shape index (κ3) is 4.68. The Morgan fingerprint density at radius 2 is 1.06 bits per heavy atom. The monoisotopic (exact) mass is 676 g/mol. The van der Waals surface area contributed by atoms with Crippen molar-refractivity contribution in [1.29, 1.82) is 0 Å². The van der Waals surface area contributed by atoms with Gasteiger partial charge in [-0.05, 0) is 82.4 Å². The number of anilines is 3. The number of fused-ring (bicyclic) bond motifs is 9. The molecule has 0 aliphatic carbocycles. The number of benzene rings is 9. The molecule has 11 rings (SSSR count). The van der Waals surface area contributed by atoms with Gasteiger partial charge in [0.05, 0.1) is 16.7 Å². The first-order valence-electron chi connectivity index (χ1n) is 18.1. The summed E-state index contributed by atoms with van der Waals surface area (Å²) in [5.74, 6) is 0. The lowest BCUT2D eigenvalue weighted by Gasteiger charge is -2.28. The van der Waals surface area contributed by atoms with Crippen LogP contribution in [-0.4, -0.2) is 4.57 Å². The van der Waals surface area contributed by atoms with Crippen LogP contribution in [0.5, 0.6) is 0 Å². The largest absolute Gasteiger partial charge is 0.456 e. The molecule has 0 saturated carbocycles. The molecule has 3 nitrogen and oxygen atoms in total. The molecule has 0 atom stereocenters. The standard InChI is InChI=1S/C50H32N2O/c1-2-13-34(14-3-1)40-16-6-9-19-46(40)51(39-27-29-49-45(32-39)42-18-8-11-21-48(42)53-49)38-26-23-35-24-28-43-41-17-7-10-20-47(41)52(50(43)44(35)31-38)37-25-22-33-12-4-5-15-36(33)30-37/h1-32H. The molecular weight excluding hydrogens is 645 g/mol. The van der Waals surface area contributed by atoms with Gasteiger partial charge in [-0.25, -0.2) is 0 Å². The van der Waals surface area contributed by atoms with Gasteiger partial charge in [0.25, 0.3) is 0 Å². The Labute approximate surface area is 306 Å². The van der Waals surface area contributed by atoms with Gasteiger partial charge in [-0.2, -0.15) is 0 Å². The maximum atomic E-state index is 6.29. The molecule has 11 aromatic rings. The Morgan fingerprint density at radius 3 is 1.96 bits per heavy atom. The first-order valence-corrected chi connectivity index (χ1v) is 18.1. The third-order valence-electron chi connectivity index (χ3n) is 10.7. The fourth-order valence-electron chi connectivity index (χ4n) is 8.30. The predicted octanol–water partition coefficient (Wildman–Crippen LogP) is 14.1. The highest BCUT2D eigenvalue weighted by Gasteiger charge is 2.21. The predicted molar refractivity (Wildman–Crippen MR) is 223 cm³/mol. The van der Waals surface area contributed by atoms with E-state index < -0.39 is 0 Å². The van der Waals surface area contributed by atoms with Crippen molar-refractivity contribution in [3.05, 3.63) is 194 Å². The average molecular weight is 677 g/mol. The van der Waals surface area contributed by atoms with Crippen LogP contribution in [0.25, 0.3) is 82.1 Å². The molecule has 0 bridgehead atoms. The van der Waals surface area contributed by atoms with E-state index in [2.05, 4.69) is 191 Å².